The van der Waals surface area contributed by atoms with E-state index < -0.39 is 86.2 Å². The smallest absolute Gasteiger partial charge is 0.224 e. The van der Waals surface area contributed by atoms with Crippen LogP contribution in [0.15, 0.2) is 18.2 Å². The number of rotatable bonds is 9. The van der Waals surface area contributed by atoms with Crippen molar-refractivity contribution in [2.24, 2.45) is 5.73 Å². The monoisotopic (exact) mass is 518 g/mol. The van der Waals surface area contributed by atoms with E-state index in [0.29, 0.717) is 5.56 Å². The van der Waals surface area contributed by atoms with Crippen molar-refractivity contribution in [3.05, 3.63) is 23.8 Å². The minimum absolute atomic E-state index is 0.207. The molecule has 0 aliphatic carbocycles. The van der Waals surface area contributed by atoms with Gasteiger partial charge in [0.05, 0.1) is 25.7 Å². The number of benzene rings is 1. The van der Waals surface area contributed by atoms with E-state index in [1.807, 2.05) is 0 Å². The zero-order valence-electron chi connectivity index (χ0n) is 19.8. The molecule has 1 amide bonds. The molecule has 0 spiro atoms. The number of hydrogen-bond donors (Lipinski definition) is 8. The Morgan fingerprint density at radius 1 is 0.972 bits per heavy atom. The van der Waals surface area contributed by atoms with Crippen LogP contribution in [0.25, 0.3) is 0 Å². The third kappa shape index (κ3) is 6.06. The number of phenolic OH excluding ortho intramolecular Hbond substituents is 2. The van der Waals surface area contributed by atoms with Crippen molar-refractivity contribution in [1.82, 2.24) is 5.32 Å². The van der Waals surface area contributed by atoms with Gasteiger partial charge in [0.15, 0.2) is 24.1 Å². The number of hydrogen-bond acceptors (Lipinski definition) is 13. The van der Waals surface area contributed by atoms with Crippen LogP contribution < -0.4 is 11.1 Å². The van der Waals surface area contributed by atoms with Crippen LogP contribution in [-0.4, -0.2) is 125 Å². The summed E-state index contributed by atoms with van der Waals surface area (Å²) in [4.78, 5) is 12.7. The van der Waals surface area contributed by atoms with E-state index in [9.17, 15) is 35.4 Å². The number of aliphatic hydroxyl groups is 4. The molecule has 0 aromatic heterocycles. The summed E-state index contributed by atoms with van der Waals surface area (Å²) < 4.78 is 27.6. The minimum atomic E-state index is -1.49. The highest BCUT2D eigenvalue weighted by Crippen LogP contribution is 2.30. The molecule has 14 heteroatoms. The average Bonchev–Trinajstić information content (AvgIpc) is 2.86. The van der Waals surface area contributed by atoms with Gasteiger partial charge in [-0.05, 0) is 17.7 Å². The van der Waals surface area contributed by atoms with Gasteiger partial charge in [0.1, 0.15) is 42.7 Å². The fourth-order valence-corrected chi connectivity index (χ4v) is 4.35. The van der Waals surface area contributed by atoms with Gasteiger partial charge in [0.25, 0.3) is 0 Å². The van der Waals surface area contributed by atoms with Crippen LogP contribution in [0.5, 0.6) is 11.5 Å². The van der Waals surface area contributed by atoms with Crippen LogP contribution in [-0.2, 0) is 34.9 Å². The van der Waals surface area contributed by atoms with E-state index in [0.717, 1.165) is 0 Å². The number of phenols is 2. The van der Waals surface area contributed by atoms with Gasteiger partial charge in [-0.15, -0.1) is 0 Å². The first-order valence-corrected chi connectivity index (χ1v) is 11.3. The Labute approximate surface area is 207 Å². The molecule has 2 heterocycles. The molecule has 36 heavy (non-hydrogen) atoms. The summed E-state index contributed by atoms with van der Waals surface area (Å²) >= 11 is 0. The maximum absolute atomic E-state index is 12.7. The van der Waals surface area contributed by atoms with Crippen molar-refractivity contribution in [2.75, 3.05) is 27.4 Å². The van der Waals surface area contributed by atoms with E-state index in [-0.39, 0.29) is 12.2 Å². The summed E-state index contributed by atoms with van der Waals surface area (Å²) in [7, 11) is 2.61. The molecule has 0 radical (unpaired) electrons. The van der Waals surface area contributed by atoms with E-state index in [1.54, 1.807) is 0 Å². The van der Waals surface area contributed by atoms with Gasteiger partial charge in [-0.1, -0.05) is 6.07 Å². The summed E-state index contributed by atoms with van der Waals surface area (Å²) in [5.41, 5.74) is 6.44. The maximum Gasteiger partial charge on any atom is 0.224 e. The Hall–Kier alpha value is -2.11. The normalized spacial score (nSPS) is 37.0. The Kier molecular flexibility index (Phi) is 9.82. The zero-order chi connectivity index (χ0) is 26.6. The second kappa shape index (κ2) is 12.4. The third-order valence-corrected chi connectivity index (χ3v) is 6.28. The Balaban J connectivity index is 1.75. The van der Waals surface area contributed by atoms with Crippen molar-refractivity contribution in [1.29, 1.82) is 0 Å². The number of nitrogens with two attached hydrogens (primary N) is 1. The molecular formula is C22H34N2O12. The first kappa shape index (κ1) is 28.5. The zero-order valence-corrected chi connectivity index (χ0v) is 19.8. The van der Waals surface area contributed by atoms with Crippen molar-refractivity contribution in [3.8, 4) is 11.5 Å². The molecule has 14 nitrogen and oxygen atoms in total. The molecule has 1 aromatic carbocycles. The molecule has 4 unspecified atom stereocenters. The van der Waals surface area contributed by atoms with Crippen LogP contribution in [0.4, 0.5) is 0 Å². The lowest BCUT2D eigenvalue weighted by molar-refractivity contribution is -0.329. The molecule has 2 saturated heterocycles. The highest BCUT2D eigenvalue weighted by atomic mass is 16.7. The molecule has 3 rings (SSSR count). The molecule has 0 bridgehead atoms. The van der Waals surface area contributed by atoms with Crippen molar-refractivity contribution in [3.63, 3.8) is 0 Å². The van der Waals surface area contributed by atoms with Gasteiger partial charge in [0, 0.05) is 14.2 Å². The number of aromatic hydroxyl groups is 2. The van der Waals surface area contributed by atoms with Crippen LogP contribution in [0.3, 0.4) is 0 Å². The average molecular weight is 519 g/mol. The van der Waals surface area contributed by atoms with Crippen LogP contribution in [0.1, 0.15) is 5.56 Å². The number of carbonyl (C=O) groups is 1. The quantitative estimate of drug-likeness (QED) is 0.150. The molecule has 9 N–H and O–H groups in total. The predicted molar refractivity (Wildman–Crippen MR) is 120 cm³/mol. The third-order valence-electron chi connectivity index (χ3n) is 6.28. The highest BCUT2D eigenvalue weighted by molar-refractivity contribution is 5.79. The number of aliphatic hydroxyl groups excluding tert-OH is 4. The van der Waals surface area contributed by atoms with Gasteiger partial charge >= 0.3 is 0 Å². The highest BCUT2D eigenvalue weighted by Gasteiger charge is 2.51. The Morgan fingerprint density at radius 3 is 2.19 bits per heavy atom. The molecule has 204 valence electrons. The van der Waals surface area contributed by atoms with Gasteiger partial charge in [-0.3, -0.25) is 4.79 Å². The topological polar surface area (TPSA) is 223 Å². The summed E-state index contributed by atoms with van der Waals surface area (Å²) in [5, 5.41) is 62.7. The van der Waals surface area contributed by atoms with Crippen molar-refractivity contribution in [2.45, 2.75) is 67.7 Å². The number of carbonyl (C=O) groups excluding carboxylic acids is 1. The molecule has 0 saturated carbocycles. The summed E-state index contributed by atoms with van der Waals surface area (Å²) in [5.74, 6) is -1.29. The first-order valence-electron chi connectivity index (χ1n) is 11.3. The predicted octanol–water partition coefficient (Wildman–Crippen LogP) is -3.34. The molecule has 1 aromatic rings. The van der Waals surface area contributed by atoms with Crippen LogP contribution in [0.2, 0.25) is 0 Å². The second-order valence-electron chi connectivity index (χ2n) is 8.64. The Morgan fingerprint density at radius 2 is 1.61 bits per heavy atom. The van der Waals surface area contributed by atoms with Crippen molar-refractivity contribution >= 4 is 5.91 Å². The molecule has 2 aliphatic heterocycles. The maximum atomic E-state index is 12.7. The van der Waals surface area contributed by atoms with Crippen molar-refractivity contribution < 1.29 is 59.1 Å². The molecule has 2 aliphatic rings. The largest absolute Gasteiger partial charge is 0.504 e. The second-order valence-corrected chi connectivity index (χ2v) is 8.64. The fourth-order valence-electron chi connectivity index (χ4n) is 4.35. The molecule has 2 fully saturated rings. The van der Waals surface area contributed by atoms with E-state index in [1.165, 1.54) is 32.4 Å². The Bertz CT molecular complexity index is 873. The van der Waals surface area contributed by atoms with E-state index in [4.69, 9.17) is 29.4 Å². The van der Waals surface area contributed by atoms with Crippen LogP contribution in [0, 0.1) is 0 Å². The number of amides is 1. The lowest BCUT2D eigenvalue weighted by atomic mass is 9.94. The molecular weight excluding hydrogens is 484 g/mol. The number of methoxy groups -OCH3 is 2. The SMILES string of the molecule is CO[C@@H]1O[C@@H](CO)[C@@H](O[C@@H]2OC(CO)[C@@H](OC)[C@H](O)C2N)C(O)C1NC(=O)Cc1ccc(O)c(O)c1. The first-order chi connectivity index (χ1) is 17.1. The van der Waals surface area contributed by atoms with Gasteiger partial charge < -0.3 is 65.4 Å². The van der Waals surface area contributed by atoms with Gasteiger partial charge in [-0.2, -0.15) is 0 Å². The van der Waals surface area contributed by atoms with Crippen LogP contribution >= 0.6 is 0 Å². The number of ether oxygens (including phenoxy) is 5. The van der Waals surface area contributed by atoms with E-state index >= 15 is 0 Å². The number of nitrogens with one attached hydrogen (secondary N) is 1. The van der Waals surface area contributed by atoms with E-state index in [2.05, 4.69) is 5.32 Å². The summed E-state index contributed by atoms with van der Waals surface area (Å²) in [6.07, 6.45) is -9.76. The van der Waals surface area contributed by atoms with Gasteiger partial charge in [0.2, 0.25) is 5.91 Å². The standard InChI is InChI=1S/C22H34N2O12/c1-32-19-12(7-25)34-21(15(23)17(19)30)36-20-13(8-26)35-22(33-2)16(18(20)31)24-14(29)6-9-3-4-10(27)11(28)5-9/h3-5,12-13,15-22,25-28,30-31H,6-8,23H2,1-2H3,(H,24,29)/t12?,13-,15?,16?,17+,18?,19+,20+,21-,22+/m0/s1. The van der Waals surface area contributed by atoms with Gasteiger partial charge in [-0.25, -0.2) is 0 Å². The summed E-state index contributed by atoms with van der Waals surface area (Å²) in [6, 6.07) is 1.61. The minimum Gasteiger partial charge on any atom is -0.504 e. The lowest BCUT2D eigenvalue weighted by Gasteiger charge is -2.47. The fraction of sp³-hybridized carbons (Fsp3) is 0.682. The molecule has 10 atom stereocenters. The lowest BCUT2D eigenvalue weighted by Crippen LogP contribution is -2.68. The summed E-state index contributed by atoms with van der Waals surface area (Å²) in [6.45, 7) is -1.10.